The van der Waals surface area contributed by atoms with Gasteiger partial charge in [-0.3, -0.25) is 4.68 Å². The number of hydrogen-bond acceptors (Lipinski definition) is 3. The van der Waals surface area contributed by atoms with E-state index in [0.717, 1.165) is 30.8 Å². The predicted molar refractivity (Wildman–Crippen MR) is 72.1 cm³/mol. The monoisotopic (exact) mass is 280 g/mol. The van der Waals surface area contributed by atoms with Crippen molar-refractivity contribution in [3.63, 3.8) is 0 Å². The highest BCUT2D eigenvalue weighted by atomic mass is 19.1. The lowest BCUT2D eigenvalue weighted by atomic mass is 10.0. The first-order chi connectivity index (χ1) is 9.60. The lowest BCUT2D eigenvalue weighted by Gasteiger charge is -2.18. The first-order valence-electron chi connectivity index (χ1n) is 6.63. The number of hydrogen-bond donors (Lipinski definition) is 1. The molecule has 6 heteroatoms. The Labute approximate surface area is 116 Å². The minimum atomic E-state index is -0.441. The molecule has 0 bridgehead atoms. The van der Waals surface area contributed by atoms with Crippen LogP contribution in [-0.4, -0.2) is 21.5 Å². The van der Waals surface area contributed by atoms with Crippen LogP contribution >= 0.6 is 0 Å². The molecule has 0 saturated carbocycles. The molecule has 0 radical (unpaired) electrons. The van der Waals surface area contributed by atoms with Crippen LogP contribution in [0, 0.1) is 11.6 Å². The van der Waals surface area contributed by atoms with E-state index in [9.17, 15) is 8.78 Å². The summed E-state index contributed by atoms with van der Waals surface area (Å²) < 4.78 is 28.8. The van der Waals surface area contributed by atoms with Gasteiger partial charge in [0, 0.05) is 31.3 Å². The van der Waals surface area contributed by atoms with Gasteiger partial charge in [-0.2, -0.15) is 0 Å². The Bertz CT molecular complexity index is 568. The Balaban J connectivity index is 2.24. The summed E-state index contributed by atoms with van der Waals surface area (Å²) in [6.07, 6.45) is 3.15. The number of rotatable bonds is 6. The zero-order valence-electron chi connectivity index (χ0n) is 11.6. The largest absolute Gasteiger partial charge is 0.310 e. The van der Waals surface area contributed by atoms with Gasteiger partial charge in [-0.05, 0) is 31.2 Å². The average Bonchev–Trinajstić information content (AvgIpc) is 2.83. The minimum Gasteiger partial charge on any atom is -0.310 e. The summed E-state index contributed by atoms with van der Waals surface area (Å²) in [5.74, 6) is -0.854. The van der Waals surface area contributed by atoms with Crippen molar-refractivity contribution >= 4 is 0 Å². The van der Waals surface area contributed by atoms with E-state index in [1.54, 1.807) is 17.9 Å². The van der Waals surface area contributed by atoms with Gasteiger partial charge in [-0.25, -0.2) is 8.78 Å². The summed E-state index contributed by atoms with van der Waals surface area (Å²) in [5.41, 5.74) is 1.06. The van der Waals surface area contributed by atoms with E-state index in [1.807, 2.05) is 6.92 Å². The number of nitrogens with zero attached hydrogens (tertiary/aromatic N) is 3. The van der Waals surface area contributed by atoms with Crippen LogP contribution in [0.1, 0.15) is 30.6 Å². The second kappa shape index (κ2) is 6.56. The fourth-order valence-corrected chi connectivity index (χ4v) is 2.09. The first-order valence-corrected chi connectivity index (χ1v) is 6.63. The van der Waals surface area contributed by atoms with Crippen LogP contribution in [0.2, 0.25) is 0 Å². The lowest BCUT2D eigenvalue weighted by Crippen LogP contribution is -2.25. The zero-order valence-corrected chi connectivity index (χ0v) is 11.6. The van der Waals surface area contributed by atoms with Crippen LogP contribution in [0.25, 0.3) is 0 Å². The van der Waals surface area contributed by atoms with Gasteiger partial charge in [-0.1, -0.05) is 12.1 Å². The van der Waals surface area contributed by atoms with Gasteiger partial charge in [0.2, 0.25) is 0 Å². The highest BCUT2D eigenvalue weighted by molar-refractivity contribution is 5.23. The number of aryl methyl sites for hydroxylation is 1. The van der Waals surface area contributed by atoms with Crippen molar-refractivity contribution in [1.29, 1.82) is 0 Å². The summed E-state index contributed by atoms with van der Waals surface area (Å²) in [7, 11) is 1.77. The molecule has 2 rings (SSSR count). The second-order valence-corrected chi connectivity index (χ2v) is 4.76. The van der Waals surface area contributed by atoms with Gasteiger partial charge in [0.25, 0.3) is 0 Å². The maximum atomic E-state index is 13.9. The SMILES string of the molecule is CCCNC(Cc1cn(C)nn1)c1cc(F)ccc1F. The van der Waals surface area contributed by atoms with Gasteiger partial charge in [0.1, 0.15) is 11.6 Å². The third-order valence-electron chi connectivity index (χ3n) is 3.04. The molecular formula is C14H18F2N4. The average molecular weight is 280 g/mol. The van der Waals surface area contributed by atoms with Gasteiger partial charge in [-0.15, -0.1) is 5.10 Å². The van der Waals surface area contributed by atoms with Crippen molar-refractivity contribution in [2.75, 3.05) is 6.54 Å². The quantitative estimate of drug-likeness (QED) is 0.883. The first kappa shape index (κ1) is 14.6. The van der Waals surface area contributed by atoms with Crippen LogP contribution in [0.4, 0.5) is 8.78 Å². The minimum absolute atomic E-state index is 0.317. The second-order valence-electron chi connectivity index (χ2n) is 4.76. The molecule has 0 amide bonds. The summed E-state index contributed by atoms with van der Waals surface area (Å²) in [4.78, 5) is 0. The molecule has 1 aromatic heterocycles. The Hall–Kier alpha value is -1.82. The lowest BCUT2D eigenvalue weighted by molar-refractivity contribution is 0.487. The van der Waals surface area contributed by atoms with Crippen LogP contribution in [0.15, 0.2) is 24.4 Å². The highest BCUT2D eigenvalue weighted by Crippen LogP contribution is 2.21. The van der Waals surface area contributed by atoms with Crippen LogP contribution in [0.3, 0.4) is 0 Å². The molecule has 20 heavy (non-hydrogen) atoms. The Morgan fingerprint density at radius 3 is 2.80 bits per heavy atom. The molecule has 1 heterocycles. The summed E-state index contributed by atoms with van der Waals surface area (Å²) in [6, 6.07) is 3.20. The molecule has 0 spiro atoms. The van der Waals surface area contributed by atoms with E-state index in [-0.39, 0.29) is 6.04 Å². The molecule has 0 aliphatic rings. The predicted octanol–water partition coefficient (Wildman–Crippen LogP) is 2.38. The third-order valence-corrected chi connectivity index (χ3v) is 3.04. The van der Waals surface area contributed by atoms with Crippen molar-refractivity contribution in [2.45, 2.75) is 25.8 Å². The van der Waals surface area contributed by atoms with E-state index >= 15 is 0 Å². The van der Waals surface area contributed by atoms with E-state index in [1.165, 1.54) is 6.07 Å². The summed E-state index contributed by atoms with van der Waals surface area (Å²) in [6.45, 7) is 2.75. The standard InChI is InChI=1S/C14H18F2N4/c1-3-6-17-14(8-11-9-20(2)19-18-11)12-7-10(15)4-5-13(12)16/h4-5,7,9,14,17H,3,6,8H2,1-2H3. The Morgan fingerprint density at radius 2 is 2.15 bits per heavy atom. The van der Waals surface area contributed by atoms with Gasteiger partial charge >= 0.3 is 0 Å². The molecular weight excluding hydrogens is 262 g/mol. The van der Waals surface area contributed by atoms with Gasteiger partial charge < -0.3 is 5.32 Å². The van der Waals surface area contributed by atoms with Crippen LogP contribution in [0.5, 0.6) is 0 Å². The van der Waals surface area contributed by atoms with E-state index in [0.29, 0.717) is 12.0 Å². The van der Waals surface area contributed by atoms with Crippen LogP contribution in [-0.2, 0) is 13.5 Å². The smallest absolute Gasteiger partial charge is 0.128 e. The van der Waals surface area contributed by atoms with Crippen molar-refractivity contribution in [3.05, 3.63) is 47.3 Å². The Kier molecular flexibility index (Phi) is 4.79. The molecule has 1 aromatic carbocycles. The third kappa shape index (κ3) is 3.60. The fraction of sp³-hybridized carbons (Fsp3) is 0.429. The normalized spacial score (nSPS) is 12.6. The van der Waals surface area contributed by atoms with Gasteiger partial charge in [0.15, 0.2) is 0 Å². The van der Waals surface area contributed by atoms with Crippen molar-refractivity contribution in [3.8, 4) is 0 Å². The number of benzene rings is 1. The van der Waals surface area contributed by atoms with Gasteiger partial charge in [0.05, 0.1) is 5.69 Å². The molecule has 1 atom stereocenters. The molecule has 4 nitrogen and oxygen atoms in total. The molecule has 0 aliphatic carbocycles. The summed E-state index contributed by atoms with van der Waals surface area (Å²) >= 11 is 0. The molecule has 2 aromatic rings. The molecule has 0 aliphatic heterocycles. The van der Waals surface area contributed by atoms with Crippen LogP contribution < -0.4 is 5.32 Å². The zero-order chi connectivity index (χ0) is 14.5. The maximum absolute atomic E-state index is 13.9. The molecule has 0 saturated heterocycles. The van der Waals surface area contributed by atoms with E-state index < -0.39 is 11.6 Å². The number of aromatic nitrogens is 3. The molecule has 108 valence electrons. The molecule has 0 fully saturated rings. The topological polar surface area (TPSA) is 42.7 Å². The van der Waals surface area contributed by atoms with Crippen molar-refractivity contribution in [1.82, 2.24) is 20.3 Å². The van der Waals surface area contributed by atoms with Crippen molar-refractivity contribution < 1.29 is 8.78 Å². The maximum Gasteiger partial charge on any atom is 0.128 e. The molecule has 1 unspecified atom stereocenters. The summed E-state index contributed by atoms with van der Waals surface area (Å²) in [5, 5.41) is 11.1. The fourth-order valence-electron chi connectivity index (χ4n) is 2.09. The molecule has 1 N–H and O–H groups in total. The highest BCUT2D eigenvalue weighted by Gasteiger charge is 2.18. The van der Waals surface area contributed by atoms with E-state index in [2.05, 4.69) is 15.6 Å². The van der Waals surface area contributed by atoms with E-state index in [4.69, 9.17) is 0 Å². The number of nitrogens with one attached hydrogen (secondary N) is 1. The Morgan fingerprint density at radius 1 is 1.35 bits per heavy atom. The number of halogens is 2. The van der Waals surface area contributed by atoms with Crippen molar-refractivity contribution in [2.24, 2.45) is 7.05 Å².